The maximum atomic E-state index is 13.0. The van der Waals surface area contributed by atoms with Gasteiger partial charge in [0.25, 0.3) is 0 Å². The number of amides is 2. The molecule has 0 spiro atoms. The van der Waals surface area contributed by atoms with Gasteiger partial charge in [-0.25, -0.2) is 0 Å². The van der Waals surface area contributed by atoms with Crippen molar-refractivity contribution in [2.75, 3.05) is 33.3 Å². The fourth-order valence-corrected chi connectivity index (χ4v) is 4.11. The number of benzene rings is 1. The molecular weight excluding hydrogens is 340 g/mol. The van der Waals surface area contributed by atoms with Crippen LogP contribution >= 0.6 is 0 Å². The lowest BCUT2D eigenvalue weighted by molar-refractivity contribution is -0.143. The Kier molecular flexibility index (Phi) is 7.13. The van der Waals surface area contributed by atoms with Crippen LogP contribution in [0.3, 0.4) is 0 Å². The first-order chi connectivity index (χ1) is 13.2. The molecule has 0 N–H and O–H groups in total. The minimum absolute atomic E-state index is 0.0296. The quantitative estimate of drug-likeness (QED) is 0.797. The molecule has 0 bridgehead atoms. The molecule has 27 heavy (non-hydrogen) atoms. The Labute approximate surface area is 162 Å². The monoisotopic (exact) mass is 372 g/mol. The zero-order chi connectivity index (χ0) is 19.1. The number of hydrogen-bond acceptors (Lipinski definition) is 3. The molecule has 1 aromatic rings. The van der Waals surface area contributed by atoms with E-state index in [1.165, 1.54) is 24.8 Å². The Morgan fingerprint density at radius 2 is 1.74 bits per heavy atom. The van der Waals surface area contributed by atoms with Crippen LogP contribution in [0.1, 0.15) is 50.5 Å². The minimum atomic E-state index is -0.0296. The molecule has 0 aromatic heterocycles. The predicted molar refractivity (Wildman–Crippen MR) is 106 cm³/mol. The van der Waals surface area contributed by atoms with E-state index < -0.39 is 0 Å². The number of likely N-dealkylation sites (tertiary alicyclic amines) is 2. The molecule has 2 heterocycles. The topological polar surface area (TPSA) is 49.9 Å². The molecule has 5 nitrogen and oxygen atoms in total. The first-order valence-electron chi connectivity index (χ1n) is 10.4. The van der Waals surface area contributed by atoms with E-state index in [4.69, 9.17) is 4.74 Å². The van der Waals surface area contributed by atoms with Gasteiger partial charge < -0.3 is 14.5 Å². The van der Waals surface area contributed by atoms with E-state index in [1.807, 2.05) is 29.2 Å². The fraction of sp³-hybridized carbons (Fsp3) is 0.636. The summed E-state index contributed by atoms with van der Waals surface area (Å²) in [6.07, 6.45) is 7.96. The average molecular weight is 373 g/mol. The van der Waals surface area contributed by atoms with Crippen LogP contribution in [0, 0.1) is 5.92 Å². The predicted octanol–water partition coefficient (Wildman–Crippen LogP) is 3.27. The van der Waals surface area contributed by atoms with E-state index in [2.05, 4.69) is 4.90 Å². The third-order valence-electron chi connectivity index (χ3n) is 5.85. The summed E-state index contributed by atoms with van der Waals surface area (Å²) >= 11 is 0. The zero-order valence-electron chi connectivity index (χ0n) is 16.5. The van der Waals surface area contributed by atoms with Crippen molar-refractivity contribution in [3.63, 3.8) is 0 Å². The highest BCUT2D eigenvalue weighted by Crippen LogP contribution is 2.22. The van der Waals surface area contributed by atoms with Crippen LogP contribution in [-0.2, 0) is 16.0 Å². The van der Waals surface area contributed by atoms with Crippen molar-refractivity contribution in [3.05, 3.63) is 29.8 Å². The Morgan fingerprint density at radius 3 is 2.41 bits per heavy atom. The van der Waals surface area contributed by atoms with Crippen molar-refractivity contribution in [3.8, 4) is 5.75 Å². The standard InChI is InChI=1S/C22H32N2O3/c1-27-20-10-7-18(8-11-20)13-16-24-17-19(9-12-21(24)25)22(26)23-14-5-3-2-4-6-15-23/h7-8,10-11,19H,2-6,9,12-17H2,1H3/t19-/m1/s1. The lowest BCUT2D eigenvalue weighted by Gasteiger charge is -2.35. The van der Waals surface area contributed by atoms with Crippen molar-refractivity contribution in [2.24, 2.45) is 5.92 Å². The van der Waals surface area contributed by atoms with Gasteiger partial charge in [0.1, 0.15) is 5.75 Å². The lowest BCUT2D eigenvalue weighted by atomic mass is 9.95. The molecular formula is C22H32N2O3. The van der Waals surface area contributed by atoms with E-state index in [0.717, 1.165) is 38.1 Å². The number of hydrogen-bond donors (Lipinski definition) is 0. The van der Waals surface area contributed by atoms with E-state index >= 15 is 0 Å². The van der Waals surface area contributed by atoms with Gasteiger partial charge >= 0.3 is 0 Å². The van der Waals surface area contributed by atoms with Gasteiger partial charge in [-0.05, 0) is 43.4 Å². The number of rotatable bonds is 5. The van der Waals surface area contributed by atoms with E-state index in [9.17, 15) is 9.59 Å². The highest BCUT2D eigenvalue weighted by Gasteiger charge is 2.32. The number of carbonyl (C=O) groups is 2. The van der Waals surface area contributed by atoms with Crippen LogP contribution in [0.4, 0.5) is 0 Å². The largest absolute Gasteiger partial charge is 0.497 e. The van der Waals surface area contributed by atoms with E-state index in [1.54, 1.807) is 7.11 Å². The van der Waals surface area contributed by atoms with Crippen molar-refractivity contribution in [1.29, 1.82) is 0 Å². The van der Waals surface area contributed by atoms with Crippen LogP contribution in [-0.4, -0.2) is 54.9 Å². The molecule has 148 valence electrons. The maximum absolute atomic E-state index is 13.0. The van der Waals surface area contributed by atoms with Gasteiger partial charge in [0.05, 0.1) is 13.0 Å². The van der Waals surface area contributed by atoms with Crippen molar-refractivity contribution in [1.82, 2.24) is 9.80 Å². The number of piperidine rings is 1. The van der Waals surface area contributed by atoms with Crippen LogP contribution in [0.25, 0.3) is 0 Å². The summed E-state index contributed by atoms with van der Waals surface area (Å²) < 4.78 is 5.19. The third-order valence-corrected chi connectivity index (χ3v) is 5.85. The fourth-order valence-electron chi connectivity index (χ4n) is 4.11. The summed E-state index contributed by atoms with van der Waals surface area (Å²) in [5.74, 6) is 1.25. The summed E-state index contributed by atoms with van der Waals surface area (Å²) in [6.45, 7) is 3.02. The normalized spacial score (nSPS) is 21.5. The summed E-state index contributed by atoms with van der Waals surface area (Å²) in [7, 11) is 1.66. The summed E-state index contributed by atoms with van der Waals surface area (Å²) in [5.41, 5.74) is 1.18. The molecule has 2 aliphatic rings. The summed E-state index contributed by atoms with van der Waals surface area (Å²) in [5, 5.41) is 0. The van der Waals surface area contributed by atoms with Crippen molar-refractivity contribution < 1.29 is 14.3 Å². The second kappa shape index (κ2) is 9.77. The maximum Gasteiger partial charge on any atom is 0.227 e. The smallest absolute Gasteiger partial charge is 0.227 e. The molecule has 0 radical (unpaired) electrons. The highest BCUT2D eigenvalue weighted by molar-refractivity contribution is 5.84. The van der Waals surface area contributed by atoms with Crippen LogP contribution in [0.5, 0.6) is 5.75 Å². The molecule has 5 heteroatoms. The third kappa shape index (κ3) is 5.47. The Morgan fingerprint density at radius 1 is 1.07 bits per heavy atom. The molecule has 0 saturated carbocycles. The summed E-state index contributed by atoms with van der Waals surface area (Å²) in [6, 6.07) is 7.97. The van der Waals surface area contributed by atoms with Crippen LogP contribution < -0.4 is 4.74 Å². The first kappa shape index (κ1) is 19.7. The number of nitrogens with zero attached hydrogens (tertiary/aromatic N) is 2. The molecule has 2 saturated heterocycles. The van der Waals surface area contributed by atoms with Crippen LogP contribution in [0.2, 0.25) is 0 Å². The van der Waals surface area contributed by atoms with Gasteiger partial charge in [0.15, 0.2) is 0 Å². The molecule has 1 atom stereocenters. The molecule has 0 unspecified atom stereocenters. The molecule has 2 fully saturated rings. The van der Waals surface area contributed by atoms with E-state index in [0.29, 0.717) is 25.9 Å². The van der Waals surface area contributed by atoms with Gasteiger partial charge in [-0.15, -0.1) is 0 Å². The zero-order valence-corrected chi connectivity index (χ0v) is 16.5. The number of methoxy groups -OCH3 is 1. The molecule has 1 aromatic carbocycles. The van der Waals surface area contributed by atoms with Crippen molar-refractivity contribution >= 4 is 11.8 Å². The molecule has 3 rings (SSSR count). The second-order valence-corrected chi connectivity index (χ2v) is 7.77. The minimum Gasteiger partial charge on any atom is -0.497 e. The van der Waals surface area contributed by atoms with Gasteiger partial charge in [-0.2, -0.15) is 0 Å². The van der Waals surface area contributed by atoms with E-state index in [-0.39, 0.29) is 17.7 Å². The summed E-state index contributed by atoms with van der Waals surface area (Å²) in [4.78, 5) is 29.3. The second-order valence-electron chi connectivity index (χ2n) is 7.77. The molecule has 2 aliphatic heterocycles. The average Bonchev–Trinajstić information content (AvgIpc) is 2.67. The number of carbonyl (C=O) groups excluding carboxylic acids is 2. The van der Waals surface area contributed by atoms with Gasteiger partial charge in [0.2, 0.25) is 11.8 Å². The Balaban J connectivity index is 1.54. The number of ether oxygens (including phenoxy) is 1. The van der Waals surface area contributed by atoms with Crippen LogP contribution in [0.15, 0.2) is 24.3 Å². The van der Waals surface area contributed by atoms with Gasteiger partial charge in [0, 0.05) is 32.6 Å². The SMILES string of the molecule is COc1ccc(CCN2C[C@H](C(=O)N3CCCCCCC3)CCC2=O)cc1. The molecule has 0 aliphatic carbocycles. The van der Waals surface area contributed by atoms with Gasteiger partial charge in [-0.3, -0.25) is 9.59 Å². The highest BCUT2D eigenvalue weighted by atomic mass is 16.5. The Hall–Kier alpha value is -2.04. The lowest BCUT2D eigenvalue weighted by Crippen LogP contribution is -2.48. The van der Waals surface area contributed by atoms with Crippen molar-refractivity contribution in [2.45, 2.75) is 51.4 Å². The van der Waals surface area contributed by atoms with Gasteiger partial charge in [-0.1, -0.05) is 31.4 Å². The first-order valence-corrected chi connectivity index (χ1v) is 10.4. The Bertz CT molecular complexity index is 621. The molecule has 2 amide bonds.